The highest BCUT2D eigenvalue weighted by molar-refractivity contribution is 6.30. The smallest absolute Gasteiger partial charge is 0.265 e. The summed E-state index contributed by atoms with van der Waals surface area (Å²) in [5.74, 6) is 0.212. The molecule has 0 aliphatic carbocycles. The number of benzene rings is 2. The quantitative estimate of drug-likeness (QED) is 0.710. The third-order valence-corrected chi connectivity index (χ3v) is 5.28. The Balaban J connectivity index is 1.73. The number of ether oxygens (including phenoxy) is 1. The molecule has 1 atom stereocenters. The fourth-order valence-electron chi connectivity index (χ4n) is 3.46. The van der Waals surface area contributed by atoms with E-state index in [0.717, 1.165) is 38.8 Å². The fourth-order valence-corrected chi connectivity index (χ4v) is 3.64. The van der Waals surface area contributed by atoms with E-state index in [0.29, 0.717) is 28.4 Å². The SMILES string of the molecule is CCC(Oc1cccc(Cl)c1)C(=O)Nc1ccccc1C(=O)N1CCCCCC1. The van der Waals surface area contributed by atoms with Crippen LogP contribution in [0.4, 0.5) is 5.69 Å². The number of carbonyl (C=O) groups is 2. The van der Waals surface area contributed by atoms with Crippen LogP contribution in [0.5, 0.6) is 5.75 Å². The number of likely N-dealkylation sites (tertiary alicyclic amines) is 1. The number of amides is 2. The monoisotopic (exact) mass is 414 g/mol. The third kappa shape index (κ3) is 5.73. The Labute approximate surface area is 177 Å². The second-order valence-corrected chi connectivity index (χ2v) is 7.65. The highest BCUT2D eigenvalue weighted by atomic mass is 35.5. The van der Waals surface area contributed by atoms with E-state index in [4.69, 9.17) is 16.3 Å². The summed E-state index contributed by atoms with van der Waals surface area (Å²) in [6.45, 7) is 3.40. The molecule has 0 bridgehead atoms. The lowest BCUT2D eigenvalue weighted by Gasteiger charge is -2.23. The number of halogens is 1. The summed E-state index contributed by atoms with van der Waals surface area (Å²) in [5, 5.41) is 3.43. The van der Waals surface area contributed by atoms with Crippen LogP contribution in [0.2, 0.25) is 5.02 Å². The van der Waals surface area contributed by atoms with Crippen molar-refractivity contribution in [3.05, 3.63) is 59.1 Å². The van der Waals surface area contributed by atoms with Gasteiger partial charge >= 0.3 is 0 Å². The first kappa shape index (κ1) is 21.2. The van der Waals surface area contributed by atoms with Gasteiger partial charge in [-0.05, 0) is 49.6 Å². The molecule has 1 fully saturated rings. The van der Waals surface area contributed by atoms with Gasteiger partial charge in [-0.1, -0.05) is 49.6 Å². The summed E-state index contributed by atoms with van der Waals surface area (Å²) in [5.41, 5.74) is 1.03. The van der Waals surface area contributed by atoms with Gasteiger partial charge in [-0.15, -0.1) is 0 Å². The number of hydrogen-bond acceptors (Lipinski definition) is 3. The fraction of sp³-hybridized carbons (Fsp3) is 0.391. The van der Waals surface area contributed by atoms with Gasteiger partial charge in [0.15, 0.2) is 6.10 Å². The normalized spacial score (nSPS) is 15.3. The molecule has 0 saturated carbocycles. The lowest BCUT2D eigenvalue weighted by atomic mass is 10.1. The Bertz CT molecular complexity index is 848. The van der Waals surface area contributed by atoms with Crippen LogP contribution >= 0.6 is 11.6 Å². The molecule has 1 aliphatic heterocycles. The Kier molecular flexibility index (Phi) is 7.53. The van der Waals surface area contributed by atoms with E-state index in [2.05, 4.69) is 5.32 Å². The van der Waals surface area contributed by atoms with Crippen molar-refractivity contribution in [2.75, 3.05) is 18.4 Å². The molecule has 1 heterocycles. The van der Waals surface area contributed by atoms with Crippen molar-refractivity contribution in [3.8, 4) is 5.75 Å². The van der Waals surface area contributed by atoms with Crippen molar-refractivity contribution in [3.63, 3.8) is 0 Å². The van der Waals surface area contributed by atoms with Gasteiger partial charge in [0.2, 0.25) is 0 Å². The van der Waals surface area contributed by atoms with Gasteiger partial charge in [-0.25, -0.2) is 0 Å². The second kappa shape index (κ2) is 10.3. The lowest BCUT2D eigenvalue weighted by Crippen LogP contribution is -2.35. The number of nitrogens with one attached hydrogen (secondary N) is 1. The van der Waals surface area contributed by atoms with Crippen molar-refractivity contribution >= 4 is 29.1 Å². The zero-order chi connectivity index (χ0) is 20.6. The van der Waals surface area contributed by atoms with Crippen LogP contribution in [0.1, 0.15) is 49.4 Å². The average molecular weight is 415 g/mol. The predicted molar refractivity (Wildman–Crippen MR) is 116 cm³/mol. The van der Waals surface area contributed by atoms with Crippen LogP contribution < -0.4 is 10.1 Å². The van der Waals surface area contributed by atoms with Gasteiger partial charge in [0.05, 0.1) is 11.3 Å². The van der Waals surface area contributed by atoms with Crippen LogP contribution in [-0.2, 0) is 4.79 Å². The molecule has 1 saturated heterocycles. The highest BCUT2D eigenvalue weighted by Gasteiger charge is 2.23. The Morgan fingerprint density at radius 2 is 1.79 bits per heavy atom. The van der Waals surface area contributed by atoms with Gasteiger partial charge < -0.3 is 15.0 Å². The highest BCUT2D eigenvalue weighted by Crippen LogP contribution is 2.22. The largest absolute Gasteiger partial charge is 0.481 e. The number of hydrogen-bond donors (Lipinski definition) is 1. The molecule has 0 radical (unpaired) electrons. The molecule has 154 valence electrons. The topological polar surface area (TPSA) is 58.6 Å². The Morgan fingerprint density at radius 3 is 2.48 bits per heavy atom. The minimum Gasteiger partial charge on any atom is -0.481 e. The van der Waals surface area contributed by atoms with E-state index in [1.165, 1.54) is 0 Å². The standard InChI is InChI=1S/C23H27ClN2O3/c1-2-21(29-18-11-9-10-17(24)16-18)22(27)25-20-13-6-5-12-19(20)23(28)26-14-7-3-4-8-15-26/h5-6,9-13,16,21H,2-4,7-8,14-15H2,1H3,(H,25,27). The maximum atomic E-state index is 13.1. The van der Waals surface area contributed by atoms with Crippen LogP contribution in [-0.4, -0.2) is 35.9 Å². The maximum absolute atomic E-state index is 13.1. The van der Waals surface area contributed by atoms with Crippen molar-refractivity contribution < 1.29 is 14.3 Å². The molecule has 2 aromatic carbocycles. The van der Waals surface area contributed by atoms with Gasteiger partial charge in [-0.3, -0.25) is 9.59 Å². The van der Waals surface area contributed by atoms with Crippen molar-refractivity contribution in [1.29, 1.82) is 0 Å². The summed E-state index contributed by atoms with van der Waals surface area (Å²) < 4.78 is 5.82. The number of nitrogens with zero attached hydrogens (tertiary/aromatic N) is 1. The van der Waals surface area contributed by atoms with Gasteiger partial charge in [0.1, 0.15) is 5.75 Å². The zero-order valence-electron chi connectivity index (χ0n) is 16.7. The van der Waals surface area contributed by atoms with Crippen LogP contribution in [0.3, 0.4) is 0 Å². The summed E-state index contributed by atoms with van der Waals surface area (Å²) in [4.78, 5) is 27.8. The molecule has 0 aromatic heterocycles. The summed E-state index contributed by atoms with van der Waals surface area (Å²) in [7, 11) is 0. The maximum Gasteiger partial charge on any atom is 0.265 e. The van der Waals surface area contributed by atoms with Crippen LogP contribution in [0.25, 0.3) is 0 Å². The molecule has 1 aliphatic rings. The summed E-state index contributed by atoms with van der Waals surface area (Å²) >= 11 is 6.00. The average Bonchev–Trinajstić information content (AvgIpc) is 3.01. The molecule has 29 heavy (non-hydrogen) atoms. The van der Waals surface area contributed by atoms with Gasteiger partial charge in [0.25, 0.3) is 11.8 Å². The molecular weight excluding hydrogens is 388 g/mol. The van der Waals surface area contributed by atoms with Crippen molar-refractivity contribution in [1.82, 2.24) is 4.90 Å². The first-order chi connectivity index (χ1) is 14.1. The minimum atomic E-state index is -0.685. The first-order valence-electron chi connectivity index (χ1n) is 10.2. The van der Waals surface area contributed by atoms with E-state index < -0.39 is 6.10 Å². The zero-order valence-corrected chi connectivity index (χ0v) is 17.5. The molecule has 1 N–H and O–H groups in total. The van der Waals surface area contributed by atoms with Crippen molar-refractivity contribution in [2.45, 2.75) is 45.1 Å². The van der Waals surface area contributed by atoms with Gasteiger partial charge in [-0.2, -0.15) is 0 Å². The summed E-state index contributed by atoms with van der Waals surface area (Å²) in [6, 6.07) is 14.1. The molecule has 1 unspecified atom stereocenters. The van der Waals surface area contributed by atoms with Crippen molar-refractivity contribution in [2.24, 2.45) is 0 Å². The molecule has 2 amide bonds. The lowest BCUT2D eigenvalue weighted by molar-refractivity contribution is -0.122. The van der Waals surface area contributed by atoms with E-state index in [-0.39, 0.29) is 11.8 Å². The van der Waals surface area contributed by atoms with E-state index in [9.17, 15) is 9.59 Å². The molecule has 0 spiro atoms. The number of para-hydroxylation sites is 1. The number of rotatable bonds is 6. The van der Waals surface area contributed by atoms with E-state index >= 15 is 0 Å². The van der Waals surface area contributed by atoms with Gasteiger partial charge in [0, 0.05) is 18.1 Å². The Hall–Kier alpha value is -2.53. The van der Waals surface area contributed by atoms with E-state index in [1.54, 1.807) is 36.4 Å². The Morgan fingerprint density at radius 1 is 1.07 bits per heavy atom. The first-order valence-corrected chi connectivity index (χ1v) is 10.6. The number of anilines is 1. The third-order valence-electron chi connectivity index (χ3n) is 5.05. The molecular formula is C23H27ClN2O3. The van der Waals surface area contributed by atoms with E-state index in [1.807, 2.05) is 24.0 Å². The molecule has 5 nitrogen and oxygen atoms in total. The number of carbonyl (C=O) groups excluding carboxylic acids is 2. The van der Waals surface area contributed by atoms with Crippen LogP contribution in [0, 0.1) is 0 Å². The summed E-state index contributed by atoms with van der Waals surface area (Å²) in [6.07, 6.45) is 4.15. The second-order valence-electron chi connectivity index (χ2n) is 7.21. The molecule has 3 rings (SSSR count). The molecule has 6 heteroatoms. The predicted octanol–water partition coefficient (Wildman–Crippen LogP) is 5.15. The molecule has 2 aromatic rings. The minimum absolute atomic E-state index is 0.0355. The van der Waals surface area contributed by atoms with Crippen LogP contribution in [0.15, 0.2) is 48.5 Å².